The van der Waals surface area contributed by atoms with E-state index in [9.17, 15) is 4.79 Å². The lowest BCUT2D eigenvalue weighted by atomic mass is 9.97. The number of hydrogen-bond donors (Lipinski definition) is 3. The SMILES string of the molecule is Cc1c(Cl)cccc1-n1c(SCC(=O)NCCC2=CCCCC2)nc2n[nH]c(C)c2c1=N. The van der Waals surface area contributed by atoms with Crippen LogP contribution in [0.4, 0.5) is 0 Å². The number of fused-ring (bicyclic) bond motifs is 1. The van der Waals surface area contributed by atoms with Crippen molar-refractivity contribution >= 4 is 40.3 Å². The fourth-order valence-electron chi connectivity index (χ4n) is 3.96. The molecule has 2 aromatic heterocycles. The minimum Gasteiger partial charge on any atom is -0.355 e. The number of halogens is 1. The predicted octanol–water partition coefficient (Wildman–Crippen LogP) is 4.60. The van der Waals surface area contributed by atoms with Crippen molar-refractivity contribution in [3.05, 3.63) is 51.6 Å². The second-order valence-electron chi connectivity index (χ2n) is 8.01. The van der Waals surface area contributed by atoms with Crippen LogP contribution in [0.1, 0.15) is 43.4 Å². The van der Waals surface area contributed by atoms with E-state index in [-0.39, 0.29) is 17.1 Å². The monoisotopic (exact) mass is 470 g/mol. The number of rotatable bonds is 7. The first-order valence-corrected chi connectivity index (χ1v) is 12.2. The molecular formula is C23H27ClN6OS. The molecule has 0 saturated carbocycles. The summed E-state index contributed by atoms with van der Waals surface area (Å²) in [5.41, 5.74) is 4.57. The summed E-state index contributed by atoms with van der Waals surface area (Å²) in [5.74, 6) is 0.160. The van der Waals surface area contributed by atoms with Gasteiger partial charge in [0.1, 0.15) is 5.49 Å². The number of allylic oxidation sites excluding steroid dienone is 1. The van der Waals surface area contributed by atoms with Crippen molar-refractivity contribution in [2.75, 3.05) is 12.3 Å². The van der Waals surface area contributed by atoms with E-state index in [2.05, 4.69) is 26.6 Å². The summed E-state index contributed by atoms with van der Waals surface area (Å²) >= 11 is 7.65. The van der Waals surface area contributed by atoms with Gasteiger partial charge >= 0.3 is 0 Å². The molecule has 0 fully saturated rings. The Bertz CT molecular complexity index is 1250. The molecule has 0 unspecified atom stereocenters. The topological polar surface area (TPSA) is 99.4 Å². The Morgan fingerprint density at radius 2 is 2.19 bits per heavy atom. The number of hydrogen-bond acceptors (Lipinski definition) is 5. The van der Waals surface area contributed by atoms with Crippen LogP contribution in [0.15, 0.2) is 35.0 Å². The summed E-state index contributed by atoms with van der Waals surface area (Å²) in [6, 6.07) is 5.58. The maximum atomic E-state index is 12.5. The van der Waals surface area contributed by atoms with Gasteiger partial charge in [-0.2, -0.15) is 5.10 Å². The largest absolute Gasteiger partial charge is 0.355 e. The average molecular weight is 471 g/mol. The van der Waals surface area contributed by atoms with Gasteiger partial charge in [0, 0.05) is 17.3 Å². The molecule has 0 saturated heterocycles. The van der Waals surface area contributed by atoms with Crippen LogP contribution >= 0.6 is 23.4 Å². The van der Waals surface area contributed by atoms with E-state index in [1.165, 1.54) is 30.2 Å². The maximum Gasteiger partial charge on any atom is 0.230 e. The van der Waals surface area contributed by atoms with E-state index in [0.29, 0.717) is 27.8 Å². The number of benzene rings is 1. The standard InChI is InChI=1S/C23H27ClN6OS/c1-14-17(24)9-6-10-18(14)30-21(25)20-15(2)28-29-22(20)27-23(30)32-13-19(31)26-12-11-16-7-4-3-5-8-16/h6-7,9-10,25H,3-5,8,11-13H2,1-2H3,(H,26,31)(H,28,29). The molecule has 1 amide bonds. The van der Waals surface area contributed by atoms with E-state index >= 15 is 0 Å². The fraction of sp³-hybridized carbons (Fsp3) is 0.391. The van der Waals surface area contributed by atoms with Crippen molar-refractivity contribution < 1.29 is 4.79 Å². The summed E-state index contributed by atoms with van der Waals surface area (Å²) in [6.45, 7) is 4.43. The molecule has 168 valence electrons. The highest BCUT2D eigenvalue weighted by molar-refractivity contribution is 7.99. The number of aryl methyl sites for hydroxylation is 1. The van der Waals surface area contributed by atoms with Crippen molar-refractivity contribution in [1.29, 1.82) is 5.41 Å². The first-order valence-electron chi connectivity index (χ1n) is 10.8. The van der Waals surface area contributed by atoms with E-state index in [1.807, 2.05) is 32.0 Å². The molecule has 4 rings (SSSR count). The number of amides is 1. The third-order valence-electron chi connectivity index (χ3n) is 5.75. The van der Waals surface area contributed by atoms with Crippen LogP contribution in [-0.2, 0) is 4.79 Å². The number of thioether (sulfide) groups is 1. The summed E-state index contributed by atoms with van der Waals surface area (Å²) in [4.78, 5) is 17.2. The van der Waals surface area contributed by atoms with E-state index < -0.39 is 0 Å². The van der Waals surface area contributed by atoms with Crippen LogP contribution in [0.5, 0.6) is 0 Å². The van der Waals surface area contributed by atoms with Crippen LogP contribution in [-0.4, -0.2) is 38.0 Å². The Morgan fingerprint density at radius 1 is 1.34 bits per heavy atom. The zero-order valence-corrected chi connectivity index (χ0v) is 19.9. The molecule has 2 heterocycles. The molecular weight excluding hydrogens is 444 g/mol. The first kappa shape index (κ1) is 22.6. The number of aromatic amines is 1. The Morgan fingerprint density at radius 3 is 2.97 bits per heavy atom. The zero-order valence-electron chi connectivity index (χ0n) is 18.3. The van der Waals surface area contributed by atoms with Crippen molar-refractivity contribution in [2.24, 2.45) is 0 Å². The number of nitrogens with zero attached hydrogens (tertiary/aromatic N) is 3. The van der Waals surface area contributed by atoms with Crippen LogP contribution in [0.3, 0.4) is 0 Å². The van der Waals surface area contributed by atoms with Crippen molar-refractivity contribution in [2.45, 2.75) is 51.1 Å². The lowest BCUT2D eigenvalue weighted by Crippen LogP contribution is -2.28. The van der Waals surface area contributed by atoms with Crippen LogP contribution in [0.25, 0.3) is 16.7 Å². The molecule has 7 nitrogen and oxygen atoms in total. The fourth-order valence-corrected chi connectivity index (χ4v) is 4.96. The number of carbonyl (C=O) groups is 1. The molecule has 3 N–H and O–H groups in total. The van der Waals surface area contributed by atoms with Crippen LogP contribution < -0.4 is 10.8 Å². The van der Waals surface area contributed by atoms with Gasteiger partial charge in [-0.3, -0.25) is 19.9 Å². The normalized spacial score (nSPS) is 13.9. The highest BCUT2D eigenvalue weighted by Crippen LogP contribution is 2.26. The summed E-state index contributed by atoms with van der Waals surface area (Å²) in [6.07, 6.45) is 8.02. The van der Waals surface area contributed by atoms with E-state index in [4.69, 9.17) is 17.0 Å². The molecule has 1 aliphatic rings. The summed E-state index contributed by atoms with van der Waals surface area (Å²) < 4.78 is 1.75. The van der Waals surface area contributed by atoms with Crippen molar-refractivity contribution in [3.63, 3.8) is 0 Å². The Labute approximate surface area is 196 Å². The molecule has 1 aliphatic carbocycles. The number of carbonyl (C=O) groups excluding carboxylic acids is 1. The number of nitrogens with one attached hydrogen (secondary N) is 3. The Hall–Kier alpha value is -2.58. The Kier molecular flexibility index (Phi) is 7.01. The van der Waals surface area contributed by atoms with Crippen molar-refractivity contribution in [1.82, 2.24) is 25.1 Å². The summed E-state index contributed by atoms with van der Waals surface area (Å²) in [5, 5.41) is 20.8. The zero-order chi connectivity index (χ0) is 22.7. The predicted molar refractivity (Wildman–Crippen MR) is 128 cm³/mol. The molecule has 0 aliphatic heterocycles. The number of H-pyrrole nitrogens is 1. The van der Waals surface area contributed by atoms with Crippen LogP contribution in [0, 0.1) is 19.3 Å². The first-order chi connectivity index (χ1) is 15.5. The van der Waals surface area contributed by atoms with Crippen molar-refractivity contribution in [3.8, 4) is 5.69 Å². The van der Waals surface area contributed by atoms with E-state index in [0.717, 1.165) is 36.2 Å². The van der Waals surface area contributed by atoms with Gasteiger partial charge < -0.3 is 5.32 Å². The van der Waals surface area contributed by atoms with Gasteiger partial charge in [-0.05, 0) is 63.6 Å². The van der Waals surface area contributed by atoms with Gasteiger partial charge in [-0.1, -0.05) is 41.1 Å². The molecule has 0 atom stereocenters. The lowest BCUT2D eigenvalue weighted by molar-refractivity contribution is -0.118. The molecule has 9 heteroatoms. The molecule has 0 bridgehead atoms. The highest BCUT2D eigenvalue weighted by atomic mass is 35.5. The lowest BCUT2D eigenvalue weighted by Gasteiger charge is -2.16. The molecule has 0 spiro atoms. The van der Waals surface area contributed by atoms with Crippen LogP contribution in [0.2, 0.25) is 5.02 Å². The number of aromatic nitrogens is 4. The average Bonchev–Trinajstić information content (AvgIpc) is 3.16. The van der Waals surface area contributed by atoms with Gasteiger partial charge in [0.2, 0.25) is 5.91 Å². The highest BCUT2D eigenvalue weighted by Gasteiger charge is 2.18. The maximum absolute atomic E-state index is 12.5. The second kappa shape index (κ2) is 9.92. The molecule has 0 radical (unpaired) electrons. The van der Waals surface area contributed by atoms with Gasteiger partial charge in [0.25, 0.3) is 0 Å². The minimum atomic E-state index is -0.0487. The summed E-state index contributed by atoms with van der Waals surface area (Å²) in [7, 11) is 0. The van der Waals surface area contributed by atoms with Gasteiger partial charge in [0.05, 0.1) is 16.8 Å². The quantitative estimate of drug-likeness (QED) is 0.267. The van der Waals surface area contributed by atoms with Gasteiger partial charge in [0.15, 0.2) is 10.8 Å². The second-order valence-corrected chi connectivity index (χ2v) is 9.36. The third-order valence-corrected chi connectivity index (χ3v) is 7.10. The van der Waals surface area contributed by atoms with E-state index in [1.54, 1.807) is 4.57 Å². The van der Waals surface area contributed by atoms with Gasteiger partial charge in [-0.25, -0.2) is 4.98 Å². The van der Waals surface area contributed by atoms with Gasteiger partial charge in [-0.15, -0.1) is 0 Å². The molecule has 3 aromatic rings. The Balaban J connectivity index is 1.56. The smallest absolute Gasteiger partial charge is 0.230 e. The minimum absolute atomic E-state index is 0.0487. The molecule has 32 heavy (non-hydrogen) atoms. The molecule has 1 aromatic carbocycles. The third kappa shape index (κ3) is 4.76.